The number of thiophene rings is 1. The Kier molecular flexibility index (Phi) is 8.11. The lowest BCUT2D eigenvalue weighted by atomic mass is 10.1. The molecule has 0 atom stereocenters. The van der Waals surface area contributed by atoms with Gasteiger partial charge in [0.2, 0.25) is 5.91 Å². The summed E-state index contributed by atoms with van der Waals surface area (Å²) in [6.45, 7) is 10.0. The second kappa shape index (κ2) is 10.8. The molecule has 1 amide bonds. The van der Waals surface area contributed by atoms with Crippen LogP contribution in [0.5, 0.6) is 0 Å². The number of aromatic nitrogens is 3. The Bertz CT molecular complexity index is 1160. The zero-order valence-corrected chi connectivity index (χ0v) is 20.4. The van der Waals surface area contributed by atoms with E-state index in [4.69, 9.17) is 16.3 Å². The highest BCUT2D eigenvalue weighted by atomic mass is 35.5. The molecule has 0 saturated carbocycles. The average molecular weight is 491 g/mol. The summed E-state index contributed by atoms with van der Waals surface area (Å²) in [7, 11) is 0. The van der Waals surface area contributed by atoms with Crippen molar-refractivity contribution in [1.29, 1.82) is 0 Å². The Morgan fingerprint density at radius 2 is 2.12 bits per heavy atom. The highest BCUT2D eigenvalue weighted by Crippen LogP contribution is 2.33. The van der Waals surface area contributed by atoms with Crippen molar-refractivity contribution in [1.82, 2.24) is 14.8 Å². The maximum atomic E-state index is 12.7. The standard InChI is InChI=1S/C22H23ClN4O3S2/c1-5-10-27-19(15-8-7-9-16(23)11-15)25-26-22(27)31-12-17(28)24-20-18(21(29)30-6-2)13(3)14(4)32-20/h5,7-9,11H,1,6,10,12H2,2-4H3,(H,24,28). The maximum absolute atomic E-state index is 12.7. The van der Waals surface area contributed by atoms with E-state index in [0.29, 0.717) is 33.1 Å². The summed E-state index contributed by atoms with van der Waals surface area (Å²) in [6, 6.07) is 7.34. The first-order valence-corrected chi connectivity index (χ1v) is 12.0. The minimum absolute atomic E-state index is 0.100. The number of carbonyl (C=O) groups is 2. The van der Waals surface area contributed by atoms with Gasteiger partial charge >= 0.3 is 5.97 Å². The number of anilines is 1. The van der Waals surface area contributed by atoms with E-state index in [0.717, 1.165) is 16.0 Å². The van der Waals surface area contributed by atoms with E-state index in [1.54, 1.807) is 19.1 Å². The molecular formula is C22H23ClN4O3S2. The minimum Gasteiger partial charge on any atom is -0.462 e. The Labute approximate surface area is 199 Å². The fraction of sp³-hybridized carbons (Fsp3) is 0.273. The Morgan fingerprint density at radius 3 is 2.81 bits per heavy atom. The van der Waals surface area contributed by atoms with Crippen molar-refractivity contribution in [3.05, 3.63) is 57.9 Å². The van der Waals surface area contributed by atoms with Gasteiger partial charge < -0.3 is 10.1 Å². The highest BCUT2D eigenvalue weighted by Gasteiger charge is 2.22. The summed E-state index contributed by atoms with van der Waals surface area (Å²) in [5.74, 6) is 0.0566. The van der Waals surface area contributed by atoms with Crippen molar-refractivity contribution in [2.24, 2.45) is 0 Å². The van der Waals surface area contributed by atoms with Gasteiger partial charge in [-0.3, -0.25) is 9.36 Å². The SMILES string of the molecule is C=CCn1c(SCC(=O)Nc2sc(C)c(C)c2C(=O)OCC)nnc1-c1cccc(Cl)c1. The fourth-order valence-electron chi connectivity index (χ4n) is 2.99. The Balaban J connectivity index is 1.75. The summed E-state index contributed by atoms with van der Waals surface area (Å²) in [5, 5.41) is 13.0. The topological polar surface area (TPSA) is 86.1 Å². The predicted octanol–water partition coefficient (Wildman–Crippen LogP) is 5.37. The van der Waals surface area contributed by atoms with Crippen LogP contribution in [-0.4, -0.2) is 39.0 Å². The molecule has 2 heterocycles. The number of ether oxygens (including phenoxy) is 1. The molecule has 168 valence electrons. The molecule has 2 aromatic heterocycles. The van der Waals surface area contributed by atoms with Crippen LogP contribution in [0.4, 0.5) is 5.00 Å². The number of allylic oxidation sites excluding steroid dienone is 1. The number of rotatable bonds is 9. The van der Waals surface area contributed by atoms with Crippen LogP contribution in [0.1, 0.15) is 27.7 Å². The van der Waals surface area contributed by atoms with Crippen molar-refractivity contribution >= 4 is 51.6 Å². The average Bonchev–Trinajstić information content (AvgIpc) is 3.27. The molecule has 3 rings (SSSR count). The summed E-state index contributed by atoms with van der Waals surface area (Å²) >= 11 is 8.72. The van der Waals surface area contributed by atoms with Gasteiger partial charge in [-0.1, -0.05) is 41.6 Å². The summed E-state index contributed by atoms with van der Waals surface area (Å²) in [4.78, 5) is 25.9. The van der Waals surface area contributed by atoms with Crippen LogP contribution in [0.3, 0.4) is 0 Å². The van der Waals surface area contributed by atoms with E-state index in [9.17, 15) is 9.59 Å². The molecule has 0 aliphatic rings. The van der Waals surface area contributed by atoms with Gasteiger partial charge in [-0.25, -0.2) is 4.79 Å². The predicted molar refractivity (Wildman–Crippen MR) is 130 cm³/mol. The number of hydrogen-bond acceptors (Lipinski definition) is 7. The molecule has 32 heavy (non-hydrogen) atoms. The smallest absolute Gasteiger partial charge is 0.341 e. The monoisotopic (exact) mass is 490 g/mol. The van der Waals surface area contributed by atoms with E-state index < -0.39 is 5.97 Å². The van der Waals surface area contributed by atoms with E-state index in [1.807, 2.05) is 36.6 Å². The second-order valence-electron chi connectivity index (χ2n) is 6.76. The van der Waals surface area contributed by atoms with Crippen molar-refractivity contribution < 1.29 is 14.3 Å². The van der Waals surface area contributed by atoms with Gasteiger partial charge in [0.05, 0.1) is 17.9 Å². The Hall–Kier alpha value is -2.62. The highest BCUT2D eigenvalue weighted by molar-refractivity contribution is 7.99. The van der Waals surface area contributed by atoms with E-state index in [2.05, 4.69) is 22.1 Å². The molecule has 0 aliphatic carbocycles. The number of nitrogens with one attached hydrogen (secondary N) is 1. The van der Waals surface area contributed by atoms with Crippen LogP contribution in [-0.2, 0) is 16.1 Å². The van der Waals surface area contributed by atoms with Crippen LogP contribution in [0.15, 0.2) is 42.1 Å². The molecule has 0 bridgehead atoms. The van der Waals surface area contributed by atoms with Gasteiger partial charge in [0.15, 0.2) is 11.0 Å². The van der Waals surface area contributed by atoms with Gasteiger partial charge in [-0.05, 0) is 38.5 Å². The van der Waals surface area contributed by atoms with Crippen LogP contribution in [0.25, 0.3) is 11.4 Å². The molecule has 0 fully saturated rings. The number of carbonyl (C=O) groups excluding carboxylic acids is 2. The number of nitrogens with zero attached hydrogens (tertiary/aromatic N) is 3. The molecule has 3 aromatic rings. The number of thioether (sulfide) groups is 1. The van der Waals surface area contributed by atoms with Crippen molar-refractivity contribution in [3.8, 4) is 11.4 Å². The molecule has 0 aliphatic heterocycles. The van der Waals surface area contributed by atoms with E-state index in [-0.39, 0.29) is 18.3 Å². The third-order valence-corrected chi connectivity index (χ3v) is 6.89. The lowest BCUT2D eigenvalue weighted by Crippen LogP contribution is -2.17. The van der Waals surface area contributed by atoms with Crippen molar-refractivity contribution in [2.45, 2.75) is 32.5 Å². The molecule has 0 spiro atoms. The zero-order chi connectivity index (χ0) is 23.3. The van der Waals surface area contributed by atoms with E-state index >= 15 is 0 Å². The quantitative estimate of drug-likeness (QED) is 0.246. The molecule has 10 heteroatoms. The fourth-order valence-corrected chi connectivity index (χ4v) is 4.99. The number of hydrogen-bond donors (Lipinski definition) is 1. The minimum atomic E-state index is -0.436. The first-order chi connectivity index (χ1) is 15.3. The number of halogens is 1. The van der Waals surface area contributed by atoms with Gasteiger partial charge in [-0.15, -0.1) is 28.1 Å². The lowest BCUT2D eigenvalue weighted by molar-refractivity contribution is -0.113. The second-order valence-corrected chi connectivity index (χ2v) is 9.36. The van der Waals surface area contributed by atoms with Gasteiger partial charge in [0.25, 0.3) is 0 Å². The van der Waals surface area contributed by atoms with Gasteiger partial charge in [-0.2, -0.15) is 0 Å². The van der Waals surface area contributed by atoms with Crippen LogP contribution < -0.4 is 5.32 Å². The van der Waals surface area contributed by atoms with Crippen molar-refractivity contribution in [2.75, 3.05) is 17.7 Å². The summed E-state index contributed by atoms with van der Waals surface area (Å²) < 4.78 is 7.02. The third-order valence-electron chi connectivity index (χ3n) is 4.56. The summed E-state index contributed by atoms with van der Waals surface area (Å²) in [6.07, 6.45) is 1.74. The first-order valence-electron chi connectivity index (χ1n) is 9.85. The lowest BCUT2D eigenvalue weighted by Gasteiger charge is -2.09. The number of esters is 1. The molecule has 0 saturated heterocycles. The molecule has 7 nitrogen and oxygen atoms in total. The molecule has 0 unspecified atom stereocenters. The number of aryl methyl sites for hydroxylation is 1. The first kappa shape index (κ1) is 24.0. The summed E-state index contributed by atoms with van der Waals surface area (Å²) in [5.41, 5.74) is 2.05. The van der Waals surface area contributed by atoms with E-state index in [1.165, 1.54) is 23.1 Å². The third kappa shape index (κ3) is 5.40. The Morgan fingerprint density at radius 1 is 1.34 bits per heavy atom. The van der Waals surface area contributed by atoms with Crippen molar-refractivity contribution in [3.63, 3.8) is 0 Å². The molecule has 1 N–H and O–H groups in total. The largest absolute Gasteiger partial charge is 0.462 e. The molecule has 0 radical (unpaired) electrons. The number of benzene rings is 1. The maximum Gasteiger partial charge on any atom is 0.341 e. The normalized spacial score (nSPS) is 10.8. The zero-order valence-electron chi connectivity index (χ0n) is 18.0. The van der Waals surface area contributed by atoms with Gasteiger partial charge in [0.1, 0.15) is 5.00 Å². The van der Waals surface area contributed by atoms with Crippen LogP contribution >= 0.6 is 34.7 Å². The van der Waals surface area contributed by atoms with Crippen LogP contribution in [0.2, 0.25) is 5.02 Å². The molecule has 1 aromatic carbocycles. The van der Waals surface area contributed by atoms with Crippen LogP contribution in [0, 0.1) is 13.8 Å². The molecular weight excluding hydrogens is 468 g/mol. The number of amides is 1. The van der Waals surface area contributed by atoms with Gasteiger partial charge in [0, 0.05) is 22.0 Å².